The van der Waals surface area contributed by atoms with Crippen molar-refractivity contribution in [1.82, 2.24) is 0 Å². The summed E-state index contributed by atoms with van der Waals surface area (Å²) in [6.45, 7) is 1.62. The van der Waals surface area contributed by atoms with Gasteiger partial charge in [-0.2, -0.15) is 0 Å². The Morgan fingerprint density at radius 3 is 2.35 bits per heavy atom. The molecule has 1 aromatic carbocycles. The molecule has 4 nitrogen and oxygen atoms in total. The van der Waals surface area contributed by atoms with Crippen molar-refractivity contribution in [2.24, 2.45) is 0 Å². The van der Waals surface area contributed by atoms with E-state index < -0.39 is 0 Å². The fourth-order valence-electron chi connectivity index (χ4n) is 1.83. The van der Waals surface area contributed by atoms with E-state index in [0.29, 0.717) is 28.2 Å². The molecule has 0 aliphatic heterocycles. The molecule has 17 heavy (non-hydrogen) atoms. The summed E-state index contributed by atoms with van der Waals surface area (Å²) < 4.78 is 10.2. The molecular formula is C13H12O4. The van der Waals surface area contributed by atoms with E-state index in [2.05, 4.69) is 0 Å². The fourth-order valence-corrected chi connectivity index (χ4v) is 1.83. The standard InChI is InChI=1S/C13H12O4/c1-7-4-10(14)9-5-8(16-2)6-11(17-3)12(9)13(7)15/h4-6H,1-3H3. The van der Waals surface area contributed by atoms with Crippen molar-refractivity contribution in [3.63, 3.8) is 0 Å². The molecule has 0 saturated heterocycles. The molecule has 2 rings (SSSR count). The van der Waals surface area contributed by atoms with Gasteiger partial charge in [-0.15, -0.1) is 0 Å². The number of ketones is 2. The molecule has 0 saturated carbocycles. The Morgan fingerprint density at radius 2 is 1.76 bits per heavy atom. The molecule has 0 heterocycles. The van der Waals surface area contributed by atoms with Crippen LogP contribution in [0.4, 0.5) is 0 Å². The van der Waals surface area contributed by atoms with E-state index in [1.807, 2.05) is 0 Å². The maximum atomic E-state index is 12.0. The third-order valence-corrected chi connectivity index (χ3v) is 2.73. The number of ether oxygens (including phenoxy) is 2. The minimum absolute atomic E-state index is 0.181. The number of hydrogen-bond acceptors (Lipinski definition) is 4. The van der Waals surface area contributed by atoms with Crippen LogP contribution in [0.15, 0.2) is 23.8 Å². The number of fused-ring (bicyclic) bond motifs is 1. The van der Waals surface area contributed by atoms with Crippen LogP contribution >= 0.6 is 0 Å². The molecule has 0 amide bonds. The summed E-state index contributed by atoms with van der Waals surface area (Å²) in [6, 6.07) is 3.16. The molecule has 0 atom stereocenters. The highest BCUT2D eigenvalue weighted by Crippen LogP contribution is 2.33. The monoisotopic (exact) mass is 232 g/mol. The van der Waals surface area contributed by atoms with Crippen molar-refractivity contribution in [3.05, 3.63) is 34.9 Å². The lowest BCUT2D eigenvalue weighted by atomic mass is 9.89. The van der Waals surface area contributed by atoms with Crippen molar-refractivity contribution < 1.29 is 19.1 Å². The van der Waals surface area contributed by atoms with E-state index in [0.717, 1.165) is 0 Å². The van der Waals surface area contributed by atoms with Crippen molar-refractivity contribution in [2.75, 3.05) is 14.2 Å². The zero-order valence-corrected chi connectivity index (χ0v) is 9.87. The van der Waals surface area contributed by atoms with Crippen molar-refractivity contribution in [3.8, 4) is 11.5 Å². The highest BCUT2D eigenvalue weighted by molar-refractivity contribution is 6.25. The second-order valence-electron chi connectivity index (χ2n) is 3.77. The van der Waals surface area contributed by atoms with Crippen LogP contribution < -0.4 is 9.47 Å². The molecule has 0 N–H and O–H groups in total. The van der Waals surface area contributed by atoms with Crippen LogP contribution in [0, 0.1) is 0 Å². The van der Waals surface area contributed by atoms with Crippen molar-refractivity contribution >= 4 is 11.6 Å². The van der Waals surface area contributed by atoms with Gasteiger partial charge in [0.1, 0.15) is 11.5 Å². The lowest BCUT2D eigenvalue weighted by Crippen LogP contribution is -2.17. The zero-order chi connectivity index (χ0) is 12.6. The van der Waals surface area contributed by atoms with Gasteiger partial charge >= 0.3 is 0 Å². The Bertz CT molecular complexity index is 541. The Kier molecular flexibility index (Phi) is 2.71. The minimum Gasteiger partial charge on any atom is -0.497 e. The smallest absolute Gasteiger partial charge is 0.193 e. The summed E-state index contributed by atoms with van der Waals surface area (Å²) in [4.78, 5) is 23.8. The quantitative estimate of drug-likeness (QED) is 0.782. The second kappa shape index (κ2) is 4.05. The average Bonchev–Trinajstić information content (AvgIpc) is 2.34. The van der Waals surface area contributed by atoms with E-state index in [1.54, 1.807) is 19.1 Å². The Balaban J connectivity index is 2.73. The summed E-state index contributed by atoms with van der Waals surface area (Å²) in [6.07, 6.45) is 1.34. The van der Waals surface area contributed by atoms with Gasteiger partial charge in [-0.05, 0) is 19.1 Å². The van der Waals surface area contributed by atoms with Gasteiger partial charge in [0.05, 0.1) is 19.8 Å². The summed E-state index contributed by atoms with van der Waals surface area (Å²) in [5, 5.41) is 0. The highest BCUT2D eigenvalue weighted by atomic mass is 16.5. The first kappa shape index (κ1) is 11.4. The number of allylic oxidation sites excluding steroid dienone is 2. The summed E-state index contributed by atoms with van der Waals surface area (Å²) in [7, 11) is 2.96. The molecule has 0 unspecified atom stereocenters. The SMILES string of the molecule is COc1cc(OC)c2c(c1)C(=O)C=C(C)C2=O. The number of hydrogen-bond donors (Lipinski definition) is 0. The zero-order valence-electron chi connectivity index (χ0n) is 9.87. The van der Waals surface area contributed by atoms with E-state index in [9.17, 15) is 9.59 Å². The van der Waals surface area contributed by atoms with E-state index >= 15 is 0 Å². The number of carbonyl (C=O) groups is 2. The predicted octanol–water partition coefficient (Wildman–Crippen LogP) is 2.03. The van der Waals surface area contributed by atoms with Crippen molar-refractivity contribution in [1.29, 1.82) is 0 Å². The Morgan fingerprint density at radius 1 is 1.06 bits per heavy atom. The lowest BCUT2D eigenvalue weighted by Gasteiger charge is -2.17. The topological polar surface area (TPSA) is 52.6 Å². The molecule has 0 fully saturated rings. The molecule has 0 spiro atoms. The molecule has 88 valence electrons. The molecule has 0 radical (unpaired) electrons. The molecule has 1 aromatic rings. The van der Waals surface area contributed by atoms with Gasteiger partial charge in [-0.3, -0.25) is 9.59 Å². The van der Waals surface area contributed by atoms with Crippen LogP contribution in [-0.2, 0) is 0 Å². The summed E-state index contributed by atoms with van der Waals surface area (Å²) >= 11 is 0. The first-order valence-electron chi connectivity index (χ1n) is 5.12. The van der Waals surface area contributed by atoms with Crippen LogP contribution in [-0.4, -0.2) is 25.8 Å². The van der Waals surface area contributed by atoms with E-state index in [1.165, 1.54) is 20.3 Å². The van der Waals surface area contributed by atoms with Crippen LogP contribution in [0.1, 0.15) is 27.6 Å². The molecule has 1 aliphatic rings. The number of Topliss-reactive ketones (excluding diaryl/α,β-unsaturated/α-hetero) is 1. The normalized spacial score (nSPS) is 14.2. The third-order valence-electron chi connectivity index (χ3n) is 2.73. The Labute approximate surface area is 98.8 Å². The molecule has 0 bridgehead atoms. The van der Waals surface area contributed by atoms with Gasteiger partial charge in [0, 0.05) is 17.2 Å². The fraction of sp³-hybridized carbons (Fsp3) is 0.231. The number of methoxy groups -OCH3 is 2. The summed E-state index contributed by atoms with van der Waals surface area (Å²) in [5.74, 6) is 0.480. The van der Waals surface area contributed by atoms with Crippen LogP contribution in [0.2, 0.25) is 0 Å². The Hall–Kier alpha value is -2.10. The van der Waals surface area contributed by atoms with E-state index in [4.69, 9.17) is 9.47 Å². The number of rotatable bonds is 2. The maximum Gasteiger partial charge on any atom is 0.193 e. The molecular weight excluding hydrogens is 220 g/mol. The average molecular weight is 232 g/mol. The van der Waals surface area contributed by atoms with Gasteiger partial charge in [0.15, 0.2) is 11.6 Å². The maximum absolute atomic E-state index is 12.0. The van der Waals surface area contributed by atoms with Crippen LogP contribution in [0.3, 0.4) is 0 Å². The molecule has 1 aliphatic carbocycles. The van der Waals surface area contributed by atoms with Crippen molar-refractivity contribution in [2.45, 2.75) is 6.92 Å². The number of carbonyl (C=O) groups excluding carboxylic acids is 2. The van der Waals surface area contributed by atoms with Gasteiger partial charge in [-0.25, -0.2) is 0 Å². The van der Waals surface area contributed by atoms with E-state index in [-0.39, 0.29) is 11.6 Å². The predicted molar refractivity (Wildman–Crippen MR) is 62.0 cm³/mol. The molecule has 4 heteroatoms. The lowest BCUT2D eigenvalue weighted by molar-refractivity contribution is 0.0981. The first-order chi connectivity index (χ1) is 8.08. The van der Waals surface area contributed by atoms with Crippen LogP contribution in [0.5, 0.6) is 11.5 Å². The first-order valence-corrected chi connectivity index (χ1v) is 5.12. The highest BCUT2D eigenvalue weighted by Gasteiger charge is 2.27. The number of benzene rings is 1. The minimum atomic E-state index is -0.200. The van der Waals surface area contributed by atoms with Gasteiger partial charge < -0.3 is 9.47 Å². The largest absolute Gasteiger partial charge is 0.497 e. The third kappa shape index (κ3) is 1.71. The van der Waals surface area contributed by atoms with Gasteiger partial charge in [0.25, 0.3) is 0 Å². The van der Waals surface area contributed by atoms with Gasteiger partial charge in [-0.1, -0.05) is 0 Å². The second-order valence-corrected chi connectivity index (χ2v) is 3.77. The molecule has 0 aromatic heterocycles. The van der Waals surface area contributed by atoms with Crippen LogP contribution in [0.25, 0.3) is 0 Å². The summed E-state index contributed by atoms with van der Waals surface area (Å²) in [5.41, 5.74) is 1.07. The van der Waals surface area contributed by atoms with Gasteiger partial charge in [0.2, 0.25) is 0 Å².